The molecule has 0 aliphatic rings. The van der Waals surface area contributed by atoms with Crippen LogP contribution < -0.4 is 10.6 Å². The van der Waals surface area contributed by atoms with Crippen LogP contribution in [-0.2, 0) is 0 Å². The molecule has 4 aromatic rings. The maximum Gasteiger partial charge on any atom is 0.323 e. The summed E-state index contributed by atoms with van der Waals surface area (Å²) in [4.78, 5) is 12.2. The monoisotopic (exact) mass is 382 g/mol. The van der Waals surface area contributed by atoms with Crippen molar-refractivity contribution < 1.29 is 9.18 Å². The molecular formula is C18H12ClFN6O. The average Bonchev–Trinajstić information content (AvgIpc) is 3.13. The number of carbonyl (C=O) groups excluding carboxylic acids is 1. The predicted octanol–water partition coefficient (Wildman–Crippen LogP) is 4.23. The van der Waals surface area contributed by atoms with Gasteiger partial charge in [0.1, 0.15) is 12.1 Å². The molecule has 134 valence electrons. The Morgan fingerprint density at radius 1 is 1.07 bits per heavy atom. The number of benzene rings is 2. The summed E-state index contributed by atoms with van der Waals surface area (Å²) in [7, 11) is 0. The number of anilines is 2. The number of halogens is 2. The summed E-state index contributed by atoms with van der Waals surface area (Å²) in [5.41, 5.74) is 2.54. The molecule has 0 fully saturated rings. The van der Waals surface area contributed by atoms with Crippen LogP contribution in [0.4, 0.5) is 20.6 Å². The predicted molar refractivity (Wildman–Crippen MR) is 100 cm³/mol. The fourth-order valence-electron chi connectivity index (χ4n) is 2.53. The van der Waals surface area contributed by atoms with E-state index in [-0.39, 0.29) is 10.7 Å². The highest BCUT2D eigenvalue weighted by molar-refractivity contribution is 6.33. The first-order valence-corrected chi connectivity index (χ1v) is 8.27. The van der Waals surface area contributed by atoms with E-state index < -0.39 is 11.8 Å². The van der Waals surface area contributed by atoms with Crippen LogP contribution in [0.1, 0.15) is 0 Å². The lowest BCUT2D eigenvalue weighted by molar-refractivity contribution is 0.262. The van der Waals surface area contributed by atoms with E-state index in [1.807, 2.05) is 12.1 Å². The molecule has 0 spiro atoms. The highest BCUT2D eigenvalue weighted by atomic mass is 35.5. The van der Waals surface area contributed by atoms with Crippen LogP contribution in [0.15, 0.2) is 60.9 Å². The Morgan fingerprint density at radius 2 is 1.93 bits per heavy atom. The molecule has 0 unspecified atom stereocenters. The van der Waals surface area contributed by atoms with Gasteiger partial charge in [-0.25, -0.2) is 9.18 Å². The van der Waals surface area contributed by atoms with Crippen molar-refractivity contribution in [3.63, 3.8) is 0 Å². The maximum absolute atomic E-state index is 13.8. The Balaban J connectivity index is 1.54. The summed E-state index contributed by atoms with van der Waals surface area (Å²) < 4.78 is 15.3. The van der Waals surface area contributed by atoms with Crippen LogP contribution in [0.3, 0.4) is 0 Å². The molecule has 0 atom stereocenters. The second kappa shape index (κ2) is 7.00. The van der Waals surface area contributed by atoms with Crippen molar-refractivity contribution in [2.75, 3.05) is 10.6 Å². The number of para-hydroxylation sites is 1. The maximum atomic E-state index is 13.8. The van der Waals surface area contributed by atoms with E-state index in [2.05, 4.69) is 25.9 Å². The van der Waals surface area contributed by atoms with Gasteiger partial charge in [-0.3, -0.25) is 0 Å². The number of hydrogen-bond acceptors (Lipinski definition) is 4. The van der Waals surface area contributed by atoms with Crippen LogP contribution >= 0.6 is 11.6 Å². The summed E-state index contributed by atoms with van der Waals surface area (Å²) in [6.07, 6.45) is 1.51. The molecule has 2 amide bonds. The molecule has 0 bridgehead atoms. The number of aromatic nitrogens is 4. The molecule has 4 rings (SSSR count). The van der Waals surface area contributed by atoms with Crippen LogP contribution in [0.2, 0.25) is 5.02 Å². The molecule has 0 saturated heterocycles. The summed E-state index contributed by atoms with van der Waals surface area (Å²) in [6.45, 7) is 0. The third-order valence-electron chi connectivity index (χ3n) is 3.78. The SMILES string of the molecule is O=C(Nc1cccc(-c2ccc3nncn3n2)c1)Nc1c(F)cccc1Cl. The third kappa shape index (κ3) is 3.56. The molecule has 2 N–H and O–H groups in total. The minimum atomic E-state index is -0.613. The molecule has 0 saturated carbocycles. The number of urea groups is 1. The van der Waals surface area contributed by atoms with Crippen molar-refractivity contribution in [2.24, 2.45) is 0 Å². The van der Waals surface area contributed by atoms with E-state index in [0.717, 1.165) is 5.56 Å². The quantitative estimate of drug-likeness (QED) is 0.555. The van der Waals surface area contributed by atoms with Crippen molar-refractivity contribution in [3.8, 4) is 11.3 Å². The van der Waals surface area contributed by atoms with E-state index >= 15 is 0 Å². The van der Waals surface area contributed by atoms with Gasteiger partial charge in [0, 0.05) is 11.3 Å². The fourth-order valence-corrected chi connectivity index (χ4v) is 2.74. The lowest BCUT2D eigenvalue weighted by atomic mass is 10.1. The largest absolute Gasteiger partial charge is 0.323 e. The Kier molecular flexibility index (Phi) is 4.39. The van der Waals surface area contributed by atoms with E-state index in [0.29, 0.717) is 17.0 Å². The molecule has 0 aliphatic heterocycles. The van der Waals surface area contributed by atoms with Gasteiger partial charge in [0.2, 0.25) is 0 Å². The lowest BCUT2D eigenvalue weighted by Gasteiger charge is -2.10. The first-order valence-electron chi connectivity index (χ1n) is 7.90. The summed E-state index contributed by atoms with van der Waals surface area (Å²) >= 11 is 5.92. The fraction of sp³-hybridized carbons (Fsp3) is 0. The van der Waals surface area contributed by atoms with E-state index in [1.165, 1.54) is 24.5 Å². The van der Waals surface area contributed by atoms with E-state index in [9.17, 15) is 9.18 Å². The van der Waals surface area contributed by atoms with Crippen molar-refractivity contribution in [3.05, 3.63) is 71.8 Å². The highest BCUT2D eigenvalue weighted by Crippen LogP contribution is 2.25. The van der Waals surface area contributed by atoms with E-state index in [4.69, 9.17) is 11.6 Å². The average molecular weight is 383 g/mol. The summed E-state index contributed by atoms with van der Waals surface area (Å²) in [5, 5.41) is 17.3. The Labute approximate surface area is 157 Å². The molecule has 2 aromatic heterocycles. The minimum absolute atomic E-state index is 0.0763. The Morgan fingerprint density at radius 3 is 2.78 bits per heavy atom. The van der Waals surface area contributed by atoms with Gasteiger partial charge in [0.25, 0.3) is 0 Å². The molecule has 7 nitrogen and oxygen atoms in total. The second-order valence-electron chi connectivity index (χ2n) is 5.61. The van der Waals surface area contributed by atoms with Crippen molar-refractivity contribution in [2.45, 2.75) is 0 Å². The zero-order chi connectivity index (χ0) is 18.8. The first kappa shape index (κ1) is 16.9. The van der Waals surface area contributed by atoms with Crippen molar-refractivity contribution >= 4 is 34.7 Å². The number of fused-ring (bicyclic) bond motifs is 1. The Hall–Kier alpha value is -3.52. The van der Waals surface area contributed by atoms with Gasteiger partial charge < -0.3 is 10.6 Å². The van der Waals surface area contributed by atoms with Crippen molar-refractivity contribution in [1.82, 2.24) is 19.8 Å². The number of hydrogen-bond donors (Lipinski definition) is 2. The molecule has 0 radical (unpaired) electrons. The third-order valence-corrected chi connectivity index (χ3v) is 4.09. The van der Waals surface area contributed by atoms with Gasteiger partial charge in [-0.15, -0.1) is 10.2 Å². The summed E-state index contributed by atoms with van der Waals surface area (Å²) in [5.74, 6) is -0.613. The van der Waals surface area contributed by atoms with Gasteiger partial charge in [-0.1, -0.05) is 29.8 Å². The molecule has 27 heavy (non-hydrogen) atoms. The molecule has 9 heteroatoms. The highest BCUT2D eigenvalue weighted by Gasteiger charge is 2.11. The number of rotatable bonds is 3. The standard InChI is InChI=1S/C18H12ClFN6O/c19-13-5-2-6-14(20)17(13)23-18(27)22-12-4-1-3-11(9-12)15-7-8-16-24-21-10-26(16)25-15/h1-10H,(H2,22,23,27). The molecular weight excluding hydrogens is 371 g/mol. The van der Waals surface area contributed by atoms with Gasteiger partial charge in [-0.2, -0.15) is 9.61 Å². The number of carbonyl (C=O) groups is 1. The number of nitrogens with one attached hydrogen (secondary N) is 2. The normalized spacial score (nSPS) is 10.7. The first-order chi connectivity index (χ1) is 13.1. The van der Waals surface area contributed by atoms with Gasteiger partial charge in [-0.05, 0) is 36.4 Å². The second-order valence-corrected chi connectivity index (χ2v) is 6.02. The van der Waals surface area contributed by atoms with Gasteiger partial charge >= 0.3 is 6.03 Å². The van der Waals surface area contributed by atoms with Crippen LogP contribution in [0.5, 0.6) is 0 Å². The van der Waals surface area contributed by atoms with E-state index in [1.54, 1.807) is 28.8 Å². The van der Waals surface area contributed by atoms with Crippen LogP contribution in [0, 0.1) is 5.82 Å². The van der Waals surface area contributed by atoms with Gasteiger partial charge in [0.05, 0.1) is 16.4 Å². The molecule has 2 heterocycles. The van der Waals surface area contributed by atoms with Crippen LogP contribution in [0.25, 0.3) is 16.9 Å². The number of nitrogens with zero attached hydrogens (tertiary/aromatic N) is 4. The summed E-state index contributed by atoms with van der Waals surface area (Å²) in [6, 6.07) is 14.3. The topological polar surface area (TPSA) is 84.2 Å². The van der Waals surface area contributed by atoms with Gasteiger partial charge in [0.15, 0.2) is 5.65 Å². The number of amides is 2. The lowest BCUT2D eigenvalue weighted by Crippen LogP contribution is -2.20. The minimum Gasteiger partial charge on any atom is -0.308 e. The Bertz CT molecular complexity index is 1130. The van der Waals surface area contributed by atoms with Crippen molar-refractivity contribution in [1.29, 1.82) is 0 Å². The molecule has 0 aliphatic carbocycles. The molecule has 2 aromatic carbocycles. The zero-order valence-electron chi connectivity index (χ0n) is 13.7. The van der Waals surface area contributed by atoms with Crippen LogP contribution in [-0.4, -0.2) is 25.8 Å². The zero-order valence-corrected chi connectivity index (χ0v) is 14.5. The smallest absolute Gasteiger partial charge is 0.308 e.